The van der Waals surface area contributed by atoms with Gasteiger partial charge >= 0.3 is 0 Å². The Kier molecular flexibility index (Phi) is 5.85. The second-order valence-corrected chi connectivity index (χ2v) is 8.50. The van der Waals surface area contributed by atoms with E-state index in [9.17, 15) is 23.3 Å². The zero-order chi connectivity index (χ0) is 21.2. The fourth-order valence-corrected chi connectivity index (χ4v) is 4.22. The molecule has 2 N–H and O–H groups in total. The van der Waals surface area contributed by atoms with Crippen LogP contribution in [-0.2, 0) is 14.8 Å². The van der Waals surface area contributed by atoms with Crippen LogP contribution in [0.15, 0.2) is 47.4 Å². The van der Waals surface area contributed by atoms with Gasteiger partial charge in [0, 0.05) is 29.8 Å². The smallest absolute Gasteiger partial charge is 0.271 e. The molecular formula is C19H21N3O6S. The van der Waals surface area contributed by atoms with Crippen molar-refractivity contribution in [3.05, 3.63) is 58.1 Å². The summed E-state index contributed by atoms with van der Waals surface area (Å²) in [7, 11) is -2.80. The predicted molar refractivity (Wildman–Crippen MR) is 106 cm³/mol. The number of nitro benzene ring substituents is 1. The largest absolute Gasteiger partial charge is 0.495 e. The summed E-state index contributed by atoms with van der Waals surface area (Å²) in [6.45, 7) is 1.65. The number of anilines is 1. The van der Waals surface area contributed by atoms with Crippen molar-refractivity contribution < 1.29 is 22.9 Å². The Labute approximate surface area is 168 Å². The van der Waals surface area contributed by atoms with E-state index in [4.69, 9.17) is 4.74 Å². The molecule has 0 aromatic heterocycles. The molecular weight excluding hydrogens is 398 g/mol. The van der Waals surface area contributed by atoms with E-state index in [2.05, 4.69) is 10.0 Å². The van der Waals surface area contributed by atoms with E-state index in [0.717, 1.165) is 18.9 Å². The fraction of sp³-hybridized carbons (Fsp3) is 0.316. The molecule has 1 atom stereocenters. The van der Waals surface area contributed by atoms with Crippen molar-refractivity contribution in [2.45, 2.75) is 30.7 Å². The summed E-state index contributed by atoms with van der Waals surface area (Å²) in [6.07, 6.45) is 1.81. The van der Waals surface area contributed by atoms with Crippen molar-refractivity contribution in [3.8, 4) is 5.75 Å². The number of nitrogens with one attached hydrogen (secondary N) is 2. The van der Waals surface area contributed by atoms with Gasteiger partial charge in [0.2, 0.25) is 15.9 Å². The first-order valence-electron chi connectivity index (χ1n) is 8.97. The molecule has 0 spiro atoms. The maximum atomic E-state index is 12.8. The third-order valence-electron chi connectivity index (χ3n) is 4.61. The zero-order valence-corrected chi connectivity index (χ0v) is 16.7. The quantitative estimate of drug-likeness (QED) is 0.500. The van der Waals surface area contributed by atoms with Crippen molar-refractivity contribution in [2.24, 2.45) is 5.92 Å². The predicted octanol–water partition coefficient (Wildman–Crippen LogP) is 2.99. The molecule has 0 saturated heterocycles. The summed E-state index contributed by atoms with van der Waals surface area (Å²) in [6, 6.07) is 9.59. The number of nitrogens with zero attached hydrogens (tertiary/aromatic N) is 1. The molecule has 0 heterocycles. The van der Waals surface area contributed by atoms with E-state index < -0.39 is 21.0 Å². The third kappa shape index (κ3) is 4.90. The Hall–Kier alpha value is -2.98. The van der Waals surface area contributed by atoms with Gasteiger partial charge in [-0.2, -0.15) is 0 Å². The Morgan fingerprint density at radius 1 is 1.21 bits per heavy atom. The Morgan fingerprint density at radius 2 is 1.86 bits per heavy atom. The topological polar surface area (TPSA) is 128 Å². The number of carbonyl (C=O) groups is 1. The van der Waals surface area contributed by atoms with Gasteiger partial charge in [0.25, 0.3) is 5.69 Å². The number of nitro groups is 1. The molecule has 1 saturated carbocycles. The highest BCUT2D eigenvalue weighted by Gasteiger charge is 2.29. The average molecular weight is 419 g/mol. The zero-order valence-electron chi connectivity index (χ0n) is 15.9. The second-order valence-electron chi connectivity index (χ2n) is 6.82. The molecule has 0 aliphatic heterocycles. The van der Waals surface area contributed by atoms with Crippen molar-refractivity contribution >= 4 is 27.3 Å². The number of sulfonamides is 1. The number of benzene rings is 2. The molecule has 1 unspecified atom stereocenters. The molecule has 1 fully saturated rings. The van der Waals surface area contributed by atoms with Gasteiger partial charge in [-0.05, 0) is 43.5 Å². The van der Waals surface area contributed by atoms with Crippen molar-refractivity contribution in [1.82, 2.24) is 4.72 Å². The van der Waals surface area contributed by atoms with Gasteiger partial charge in [0.15, 0.2) is 0 Å². The molecule has 0 radical (unpaired) electrons. The lowest BCUT2D eigenvalue weighted by molar-refractivity contribution is -0.385. The normalized spacial score (nSPS) is 14.8. The highest BCUT2D eigenvalue weighted by Crippen LogP contribution is 2.31. The number of ether oxygens (including phenoxy) is 1. The number of amides is 1. The van der Waals surface area contributed by atoms with Crippen LogP contribution in [0.1, 0.15) is 31.4 Å². The van der Waals surface area contributed by atoms with Crippen LogP contribution in [0, 0.1) is 16.0 Å². The highest BCUT2D eigenvalue weighted by molar-refractivity contribution is 7.89. The molecule has 29 heavy (non-hydrogen) atoms. The first kappa shape index (κ1) is 20.7. The van der Waals surface area contributed by atoms with Gasteiger partial charge in [-0.15, -0.1) is 0 Å². The standard InChI is InChI=1S/C19H21N3O6S/c1-12(13-5-7-15(8-6-13)20-19(23)14-3-4-14)21-29(26,27)18-11-16(22(24)25)9-10-17(18)28-2/h5-12,14,21H,3-4H2,1-2H3,(H,20,23). The SMILES string of the molecule is COc1ccc([N+](=O)[O-])cc1S(=O)(=O)NC(C)c1ccc(NC(=O)C2CC2)cc1. The van der Waals surface area contributed by atoms with Crippen molar-refractivity contribution in [2.75, 3.05) is 12.4 Å². The maximum absolute atomic E-state index is 12.8. The van der Waals surface area contributed by atoms with Crippen LogP contribution in [0.5, 0.6) is 5.75 Å². The van der Waals surface area contributed by atoms with E-state index in [1.807, 2.05) is 0 Å². The van der Waals surface area contributed by atoms with Crippen LogP contribution in [0.4, 0.5) is 11.4 Å². The second kappa shape index (κ2) is 8.18. The van der Waals surface area contributed by atoms with Crippen LogP contribution in [0.2, 0.25) is 0 Å². The van der Waals surface area contributed by atoms with E-state index in [1.165, 1.54) is 19.2 Å². The minimum absolute atomic E-state index is 0.00781. The number of rotatable bonds is 8. The molecule has 2 aromatic carbocycles. The summed E-state index contributed by atoms with van der Waals surface area (Å²) in [5, 5.41) is 13.8. The van der Waals surface area contributed by atoms with E-state index in [1.54, 1.807) is 31.2 Å². The number of hydrogen-bond donors (Lipinski definition) is 2. The molecule has 0 bridgehead atoms. The maximum Gasteiger partial charge on any atom is 0.271 e. The van der Waals surface area contributed by atoms with Gasteiger partial charge in [0.1, 0.15) is 10.6 Å². The van der Waals surface area contributed by atoms with Gasteiger partial charge in [-0.3, -0.25) is 14.9 Å². The monoisotopic (exact) mass is 419 g/mol. The molecule has 1 aliphatic rings. The Bertz CT molecular complexity index is 1030. The van der Waals surface area contributed by atoms with Crippen LogP contribution < -0.4 is 14.8 Å². The minimum atomic E-state index is -4.09. The summed E-state index contributed by atoms with van der Waals surface area (Å²) in [5.74, 6) is 0.0861. The van der Waals surface area contributed by atoms with Gasteiger partial charge in [-0.25, -0.2) is 13.1 Å². The summed E-state index contributed by atoms with van der Waals surface area (Å²) in [4.78, 5) is 21.8. The highest BCUT2D eigenvalue weighted by atomic mass is 32.2. The molecule has 9 nitrogen and oxygen atoms in total. The first-order valence-corrected chi connectivity index (χ1v) is 10.4. The third-order valence-corrected chi connectivity index (χ3v) is 6.17. The van der Waals surface area contributed by atoms with Crippen LogP contribution in [0.3, 0.4) is 0 Å². The molecule has 3 rings (SSSR count). The summed E-state index contributed by atoms with van der Waals surface area (Å²) >= 11 is 0. The van der Waals surface area contributed by atoms with E-state index in [0.29, 0.717) is 11.3 Å². The fourth-order valence-electron chi connectivity index (χ4n) is 2.80. The van der Waals surface area contributed by atoms with Gasteiger partial charge in [-0.1, -0.05) is 12.1 Å². The van der Waals surface area contributed by atoms with Crippen LogP contribution in [-0.4, -0.2) is 26.4 Å². The Balaban J connectivity index is 1.77. The molecule has 1 aliphatic carbocycles. The Morgan fingerprint density at radius 3 is 2.41 bits per heavy atom. The molecule has 2 aromatic rings. The van der Waals surface area contributed by atoms with Crippen LogP contribution in [0.25, 0.3) is 0 Å². The molecule has 10 heteroatoms. The van der Waals surface area contributed by atoms with E-state index in [-0.39, 0.29) is 28.2 Å². The molecule has 1 amide bonds. The summed E-state index contributed by atoms with van der Waals surface area (Å²) in [5.41, 5.74) is 0.957. The first-order chi connectivity index (χ1) is 13.7. The van der Waals surface area contributed by atoms with Crippen LogP contribution >= 0.6 is 0 Å². The lowest BCUT2D eigenvalue weighted by atomic mass is 10.1. The van der Waals surface area contributed by atoms with Crippen molar-refractivity contribution in [3.63, 3.8) is 0 Å². The van der Waals surface area contributed by atoms with Crippen molar-refractivity contribution in [1.29, 1.82) is 0 Å². The number of methoxy groups -OCH3 is 1. The lowest BCUT2D eigenvalue weighted by Crippen LogP contribution is -2.27. The van der Waals surface area contributed by atoms with Gasteiger partial charge in [0.05, 0.1) is 12.0 Å². The van der Waals surface area contributed by atoms with Gasteiger partial charge < -0.3 is 10.1 Å². The number of hydrogen-bond acceptors (Lipinski definition) is 6. The lowest BCUT2D eigenvalue weighted by Gasteiger charge is -2.16. The minimum Gasteiger partial charge on any atom is -0.495 e. The molecule has 154 valence electrons. The number of non-ortho nitro benzene ring substituents is 1. The summed E-state index contributed by atoms with van der Waals surface area (Å²) < 4.78 is 33.1. The number of carbonyl (C=O) groups excluding carboxylic acids is 1. The van der Waals surface area contributed by atoms with E-state index >= 15 is 0 Å². The average Bonchev–Trinajstić information content (AvgIpc) is 3.53.